The van der Waals surface area contributed by atoms with Gasteiger partial charge in [0.15, 0.2) is 0 Å². The number of benzene rings is 1. The molecule has 0 spiro atoms. The van der Waals surface area contributed by atoms with Gasteiger partial charge >= 0.3 is 9.28 Å². The van der Waals surface area contributed by atoms with Crippen molar-refractivity contribution in [3.8, 4) is 0 Å². The quantitative estimate of drug-likeness (QED) is 0.593. The van der Waals surface area contributed by atoms with Crippen LogP contribution in [0.15, 0.2) is 24.3 Å². The molecule has 0 bridgehead atoms. The normalized spacial score (nSPS) is 10.5. The molecule has 1 aromatic carbocycles. The molecule has 0 radical (unpaired) electrons. The highest BCUT2D eigenvalue weighted by molar-refractivity contribution is 6.59. The van der Waals surface area contributed by atoms with Crippen molar-refractivity contribution in [3.63, 3.8) is 0 Å². The van der Waals surface area contributed by atoms with Gasteiger partial charge in [-0.15, -0.1) is 0 Å². The van der Waals surface area contributed by atoms with Crippen LogP contribution in [0.2, 0.25) is 0 Å². The molecule has 0 atom stereocenters. The molecule has 1 rings (SSSR count). The van der Waals surface area contributed by atoms with E-state index >= 15 is 0 Å². The minimum absolute atomic E-state index is 0.745. The van der Waals surface area contributed by atoms with E-state index in [4.69, 9.17) is 9.59 Å². The second kappa shape index (κ2) is 3.66. The van der Waals surface area contributed by atoms with Gasteiger partial charge in [0.05, 0.1) is 0 Å². The van der Waals surface area contributed by atoms with E-state index in [0.717, 1.165) is 17.2 Å². The maximum Gasteiger partial charge on any atom is 0.350 e. The SMILES string of the molecule is CCc1ccccc1[SiH](O)O. The molecular formula is C8H12O2Si. The Labute approximate surface area is 68.0 Å². The summed E-state index contributed by atoms with van der Waals surface area (Å²) in [6, 6.07) is 7.47. The van der Waals surface area contributed by atoms with Crippen LogP contribution in [0.5, 0.6) is 0 Å². The molecule has 0 aliphatic heterocycles. The predicted molar refractivity (Wildman–Crippen MR) is 47.0 cm³/mol. The van der Waals surface area contributed by atoms with Gasteiger partial charge in [-0.2, -0.15) is 0 Å². The van der Waals surface area contributed by atoms with Crippen LogP contribution in [0.3, 0.4) is 0 Å². The Bertz CT molecular complexity index is 235. The highest BCUT2D eigenvalue weighted by Gasteiger charge is 2.09. The zero-order valence-corrected chi connectivity index (χ0v) is 7.64. The van der Waals surface area contributed by atoms with Crippen LogP contribution in [0.4, 0.5) is 0 Å². The molecule has 0 fully saturated rings. The van der Waals surface area contributed by atoms with Crippen molar-refractivity contribution in [1.29, 1.82) is 0 Å². The van der Waals surface area contributed by atoms with Crippen LogP contribution in [0.1, 0.15) is 12.5 Å². The molecule has 0 saturated carbocycles. The zero-order chi connectivity index (χ0) is 8.27. The summed E-state index contributed by atoms with van der Waals surface area (Å²) in [4.78, 5) is 18.1. The van der Waals surface area contributed by atoms with Crippen molar-refractivity contribution < 1.29 is 9.59 Å². The summed E-state index contributed by atoms with van der Waals surface area (Å²) in [5, 5.41) is 0.745. The molecule has 60 valence electrons. The van der Waals surface area contributed by atoms with Crippen LogP contribution in [-0.4, -0.2) is 18.9 Å². The monoisotopic (exact) mass is 168 g/mol. The van der Waals surface area contributed by atoms with Gasteiger partial charge in [-0.1, -0.05) is 31.2 Å². The number of aryl methyl sites for hydroxylation is 1. The smallest absolute Gasteiger partial charge is 0.350 e. The molecule has 2 nitrogen and oxygen atoms in total. The molecule has 11 heavy (non-hydrogen) atoms. The average Bonchev–Trinajstić information content (AvgIpc) is 2.04. The zero-order valence-electron chi connectivity index (χ0n) is 6.49. The molecule has 0 heterocycles. The van der Waals surface area contributed by atoms with Crippen LogP contribution >= 0.6 is 0 Å². The van der Waals surface area contributed by atoms with Gasteiger partial charge in [0.2, 0.25) is 0 Å². The standard InChI is InChI=1S/C8H12O2Si/c1-2-7-5-3-4-6-8(7)11(9)10/h3-6,9-11H,2H2,1H3. The topological polar surface area (TPSA) is 40.5 Å². The highest BCUT2D eigenvalue weighted by Crippen LogP contribution is 1.96. The molecular weight excluding hydrogens is 156 g/mol. The lowest BCUT2D eigenvalue weighted by atomic mass is 10.2. The average molecular weight is 168 g/mol. The lowest BCUT2D eigenvalue weighted by Gasteiger charge is -2.06. The summed E-state index contributed by atoms with van der Waals surface area (Å²) in [7, 11) is -2.59. The first-order valence-corrected chi connectivity index (χ1v) is 5.30. The van der Waals surface area contributed by atoms with E-state index in [-0.39, 0.29) is 0 Å². The molecule has 0 aromatic heterocycles. The molecule has 0 unspecified atom stereocenters. The lowest BCUT2D eigenvalue weighted by Crippen LogP contribution is -2.32. The Morgan fingerprint density at radius 2 is 1.91 bits per heavy atom. The Kier molecular flexibility index (Phi) is 2.81. The maximum absolute atomic E-state index is 9.03. The fourth-order valence-corrected chi connectivity index (χ4v) is 2.02. The summed E-state index contributed by atoms with van der Waals surface area (Å²) in [5.41, 5.74) is 1.05. The van der Waals surface area contributed by atoms with Gasteiger partial charge in [0.1, 0.15) is 0 Å². The van der Waals surface area contributed by atoms with Gasteiger partial charge in [-0.05, 0) is 17.2 Å². The van der Waals surface area contributed by atoms with E-state index in [1.54, 1.807) is 6.07 Å². The number of hydrogen-bond donors (Lipinski definition) is 2. The van der Waals surface area contributed by atoms with Gasteiger partial charge in [-0.3, -0.25) is 0 Å². The van der Waals surface area contributed by atoms with E-state index in [2.05, 4.69) is 0 Å². The molecule has 0 aliphatic rings. The van der Waals surface area contributed by atoms with E-state index in [1.165, 1.54) is 0 Å². The molecule has 2 N–H and O–H groups in total. The third-order valence-electron chi connectivity index (χ3n) is 1.71. The fraction of sp³-hybridized carbons (Fsp3) is 0.250. The van der Waals surface area contributed by atoms with Gasteiger partial charge < -0.3 is 9.59 Å². The van der Waals surface area contributed by atoms with Crippen molar-refractivity contribution >= 4 is 14.5 Å². The van der Waals surface area contributed by atoms with Crippen molar-refractivity contribution in [2.75, 3.05) is 0 Å². The second-order valence-corrected chi connectivity index (χ2v) is 3.80. The summed E-state index contributed by atoms with van der Waals surface area (Å²) >= 11 is 0. The predicted octanol–water partition coefficient (Wildman–Crippen LogP) is -0.339. The third kappa shape index (κ3) is 1.89. The second-order valence-electron chi connectivity index (χ2n) is 2.43. The summed E-state index contributed by atoms with van der Waals surface area (Å²) in [6.07, 6.45) is 0.862. The number of hydrogen-bond acceptors (Lipinski definition) is 2. The Balaban J connectivity index is 3.02. The van der Waals surface area contributed by atoms with E-state index < -0.39 is 9.28 Å². The minimum atomic E-state index is -2.59. The maximum atomic E-state index is 9.03. The highest BCUT2D eigenvalue weighted by atomic mass is 28.3. The summed E-state index contributed by atoms with van der Waals surface area (Å²) < 4.78 is 0. The molecule has 3 heteroatoms. The fourth-order valence-electron chi connectivity index (χ4n) is 1.11. The molecule has 0 amide bonds. The first-order chi connectivity index (χ1) is 5.25. The van der Waals surface area contributed by atoms with Gasteiger partial charge in [-0.25, -0.2) is 0 Å². The van der Waals surface area contributed by atoms with Crippen molar-refractivity contribution in [2.45, 2.75) is 13.3 Å². The summed E-state index contributed by atoms with van der Waals surface area (Å²) in [6.45, 7) is 2.01. The van der Waals surface area contributed by atoms with Crippen LogP contribution < -0.4 is 5.19 Å². The molecule has 1 aromatic rings. The Morgan fingerprint density at radius 1 is 1.27 bits per heavy atom. The van der Waals surface area contributed by atoms with Crippen molar-refractivity contribution in [1.82, 2.24) is 0 Å². The van der Waals surface area contributed by atoms with Crippen LogP contribution in [-0.2, 0) is 6.42 Å². The van der Waals surface area contributed by atoms with E-state index in [1.807, 2.05) is 25.1 Å². The van der Waals surface area contributed by atoms with Crippen LogP contribution in [0, 0.1) is 0 Å². The van der Waals surface area contributed by atoms with Crippen molar-refractivity contribution in [3.05, 3.63) is 29.8 Å². The van der Waals surface area contributed by atoms with Gasteiger partial charge in [0.25, 0.3) is 0 Å². The lowest BCUT2D eigenvalue weighted by molar-refractivity contribution is 0.425. The van der Waals surface area contributed by atoms with Crippen LogP contribution in [0.25, 0.3) is 0 Å². The molecule has 0 saturated heterocycles. The van der Waals surface area contributed by atoms with Gasteiger partial charge in [0, 0.05) is 0 Å². The van der Waals surface area contributed by atoms with Crippen molar-refractivity contribution in [2.24, 2.45) is 0 Å². The minimum Gasteiger partial charge on any atom is -0.410 e. The summed E-state index contributed by atoms with van der Waals surface area (Å²) in [5.74, 6) is 0. The third-order valence-corrected chi connectivity index (χ3v) is 2.83. The molecule has 0 aliphatic carbocycles. The Hall–Kier alpha value is -0.643. The largest absolute Gasteiger partial charge is 0.410 e. The first kappa shape index (κ1) is 8.45. The number of rotatable bonds is 2. The Morgan fingerprint density at radius 3 is 2.36 bits per heavy atom. The first-order valence-electron chi connectivity index (χ1n) is 3.69. The van der Waals surface area contributed by atoms with E-state index in [0.29, 0.717) is 0 Å². The van der Waals surface area contributed by atoms with E-state index in [9.17, 15) is 0 Å².